The fourth-order valence-corrected chi connectivity index (χ4v) is 2.40. The number of aryl methyl sites for hydroxylation is 1. The van der Waals surface area contributed by atoms with E-state index in [9.17, 15) is 9.18 Å². The second-order valence-electron chi connectivity index (χ2n) is 5.74. The minimum Gasteiger partial charge on any atom is -0.347 e. The van der Waals surface area contributed by atoms with Gasteiger partial charge in [-0.3, -0.25) is 9.79 Å². The number of aliphatic imine (C=N–C) groups is 1. The third-order valence-corrected chi connectivity index (χ3v) is 3.78. The largest absolute Gasteiger partial charge is 0.347 e. The lowest BCUT2D eigenvalue weighted by molar-refractivity contribution is -0.115. The molecule has 2 rings (SSSR count). The van der Waals surface area contributed by atoms with Crippen LogP contribution in [0.25, 0.3) is 0 Å². The van der Waals surface area contributed by atoms with Gasteiger partial charge in [0.05, 0.1) is 6.54 Å². The lowest BCUT2D eigenvalue weighted by Gasteiger charge is -2.22. The number of carbonyl (C=O) groups is 1. The van der Waals surface area contributed by atoms with Crippen LogP contribution in [0.1, 0.15) is 11.1 Å². The summed E-state index contributed by atoms with van der Waals surface area (Å²) in [5, 5.41) is 5.73. The quantitative estimate of drug-likeness (QED) is 0.649. The van der Waals surface area contributed by atoms with Gasteiger partial charge >= 0.3 is 0 Å². The fraction of sp³-hybridized carbons (Fsp3) is 0.263. The summed E-state index contributed by atoms with van der Waals surface area (Å²) in [6.45, 7) is 2.82. The molecule has 2 aromatic rings. The molecule has 0 unspecified atom stereocenters. The van der Waals surface area contributed by atoms with E-state index < -0.39 is 0 Å². The van der Waals surface area contributed by atoms with Crippen molar-refractivity contribution in [3.8, 4) is 0 Å². The molecule has 25 heavy (non-hydrogen) atoms. The first-order chi connectivity index (χ1) is 12.0. The topological polar surface area (TPSA) is 56.7 Å². The van der Waals surface area contributed by atoms with Gasteiger partial charge in [-0.2, -0.15) is 0 Å². The highest BCUT2D eigenvalue weighted by Crippen LogP contribution is 2.10. The first kappa shape index (κ1) is 18.4. The van der Waals surface area contributed by atoms with Crippen molar-refractivity contribution in [3.05, 3.63) is 65.5 Å². The van der Waals surface area contributed by atoms with Crippen molar-refractivity contribution in [2.75, 3.05) is 26.0 Å². The molecular formula is C19H23FN4O. The van der Waals surface area contributed by atoms with Gasteiger partial charge in [-0.25, -0.2) is 4.39 Å². The van der Waals surface area contributed by atoms with Crippen LogP contribution >= 0.6 is 0 Å². The summed E-state index contributed by atoms with van der Waals surface area (Å²) in [4.78, 5) is 18.2. The van der Waals surface area contributed by atoms with Crippen LogP contribution in [-0.4, -0.2) is 37.4 Å². The third kappa shape index (κ3) is 5.60. The molecule has 0 saturated heterocycles. The maximum atomic E-state index is 12.9. The van der Waals surface area contributed by atoms with E-state index >= 15 is 0 Å². The number of hydrogen-bond donors (Lipinski definition) is 2. The Bertz CT molecular complexity index is 743. The summed E-state index contributed by atoms with van der Waals surface area (Å²) in [6.07, 6.45) is 0. The molecule has 1 amide bonds. The molecule has 132 valence electrons. The van der Waals surface area contributed by atoms with Gasteiger partial charge in [-0.15, -0.1) is 0 Å². The molecule has 0 radical (unpaired) electrons. The number of anilines is 1. The smallest absolute Gasteiger partial charge is 0.243 e. The maximum absolute atomic E-state index is 12.9. The van der Waals surface area contributed by atoms with Gasteiger partial charge in [-0.1, -0.05) is 24.3 Å². The molecule has 0 aliphatic heterocycles. The van der Waals surface area contributed by atoms with Crippen molar-refractivity contribution in [1.29, 1.82) is 0 Å². The third-order valence-electron chi connectivity index (χ3n) is 3.78. The lowest BCUT2D eigenvalue weighted by atomic mass is 10.1. The number of benzene rings is 2. The minimum absolute atomic E-state index is 0.0716. The highest BCUT2D eigenvalue weighted by atomic mass is 19.1. The van der Waals surface area contributed by atoms with E-state index in [1.165, 1.54) is 35.4 Å². The van der Waals surface area contributed by atoms with E-state index in [0.717, 1.165) is 0 Å². The Morgan fingerprint density at radius 1 is 1.16 bits per heavy atom. The minimum atomic E-state index is -0.339. The zero-order valence-corrected chi connectivity index (χ0v) is 14.7. The normalized spacial score (nSPS) is 11.1. The number of carbonyl (C=O) groups excluding carboxylic acids is 1. The van der Waals surface area contributed by atoms with Crippen LogP contribution in [0.5, 0.6) is 0 Å². The van der Waals surface area contributed by atoms with Crippen LogP contribution in [0.4, 0.5) is 10.1 Å². The molecule has 0 heterocycles. The monoisotopic (exact) mass is 342 g/mol. The van der Waals surface area contributed by atoms with Crippen molar-refractivity contribution in [2.45, 2.75) is 13.5 Å². The van der Waals surface area contributed by atoms with Gasteiger partial charge in [0.25, 0.3) is 0 Å². The van der Waals surface area contributed by atoms with Gasteiger partial charge in [0.2, 0.25) is 5.91 Å². The van der Waals surface area contributed by atoms with Crippen molar-refractivity contribution in [1.82, 2.24) is 10.2 Å². The Kier molecular flexibility index (Phi) is 6.51. The molecule has 5 nitrogen and oxygen atoms in total. The van der Waals surface area contributed by atoms with Gasteiger partial charge < -0.3 is 15.5 Å². The molecule has 2 N–H and O–H groups in total. The Hall–Kier alpha value is -2.89. The molecule has 0 aromatic heterocycles. The van der Waals surface area contributed by atoms with Crippen LogP contribution in [0.2, 0.25) is 0 Å². The van der Waals surface area contributed by atoms with Crippen LogP contribution in [0.15, 0.2) is 53.5 Å². The SMILES string of the molecule is CN=C(NCC(=O)Nc1ccc(F)cc1)N(C)Cc1ccccc1C. The average Bonchev–Trinajstić information content (AvgIpc) is 2.59. The highest BCUT2D eigenvalue weighted by Gasteiger charge is 2.10. The van der Waals surface area contributed by atoms with Gasteiger partial charge in [0.1, 0.15) is 5.82 Å². The molecular weight excluding hydrogens is 319 g/mol. The molecule has 6 heteroatoms. The van der Waals surface area contributed by atoms with Crippen molar-refractivity contribution < 1.29 is 9.18 Å². The second-order valence-corrected chi connectivity index (χ2v) is 5.74. The Morgan fingerprint density at radius 2 is 1.84 bits per heavy atom. The van der Waals surface area contributed by atoms with Gasteiger partial charge in [0.15, 0.2) is 5.96 Å². The molecule has 0 saturated carbocycles. The number of nitrogens with zero attached hydrogens (tertiary/aromatic N) is 2. The lowest BCUT2D eigenvalue weighted by Crippen LogP contribution is -2.42. The summed E-state index contributed by atoms with van der Waals surface area (Å²) in [7, 11) is 3.59. The molecule has 0 atom stereocenters. The maximum Gasteiger partial charge on any atom is 0.243 e. The molecule has 0 fully saturated rings. The standard InChI is InChI=1S/C19H23FN4O/c1-14-6-4-5-7-15(14)13-24(3)19(21-2)22-12-18(25)23-17-10-8-16(20)9-11-17/h4-11H,12-13H2,1-3H3,(H,21,22)(H,23,25). The number of halogens is 1. The fourth-order valence-electron chi connectivity index (χ4n) is 2.40. The van der Waals surface area contributed by atoms with Gasteiger partial charge in [-0.05, 0) is 42.3 Å². The summed E-state index contributed by atoms with van der Waals surface area (Å²) in [5.41, 5.74) is 2.96. The summed E-state index contributed by atoms with van der Waals surface area (Å²) in [6, 6.07) is 13.8. The first-order valence-electron chi connectivity index (χ1n) is 8.01. The van der Waals surface area contributed by atoms with E-state index in [0.29, 0.717) is 18.2 Å². The van der Waals surface area contributed by atoms with Crippen molar-refractivity contribution in [3.63, 3.8) is 0 Å². The average molecular weight is 342 g/mol. The zero-order chi connectivity index (χ0) is 18.2. The Balaban J connectivity index is 1.87. The van der Waals surface area contributed by atoms with E-state index in [1.54, 1.807) is 7.05 Å². The first-order valence-corrected chi connectivity index (χ1v) is 8.01. The van der Waals surface area contributed by atoms with Crippen LogP contribution in [-0.2, 0) is 11.3 Å². The number of guanidine groups is 1. The summed E-state index contributed by atoms with van der Waals surface area (Å²) in [5.74, 6) is 0.0592. The number of nitrogens with one attached hydrogen (secondary N) is 2. The predicted molar refractivity (Wildman–Crippen MR) is 99.0 cm³/mol. The second kappa shape index (κ2) is 8.82. The van der Waals surface area contributed by atoms with E-state index in [2.05, 4.69) is 34.7 Å². The van der Waals surface area contributed by atoms with Crippen LogP contribution in [0.3, 0.4) is 0 Å². The molecule has 2 aromatic carbocycles. The molecule has 0 spiro atoms. The van der Waals surface area contributed by atoms with E-state index in [-0.39, 0.29) is 18.3 Å². The van der Waals surface area contributed by atoms with E-state index in [1.807, 2.05) is 24.1 Å². The van der Waals surface area contributed by atoms with Crippen LogP contribution in [0, 0.1) is 12.7 Å². The number of amides is 1. The summed E-state index contributed by atoms with van der Waals surface area (Å²) < 4.78 is 12.9. The molecule has 0 bridgehead atoms. The summed E-state index contributed by atoms with van der Waals surface area (Å²) >= 11 is 0. The Labute approximate surface area is 147 Å². The van der Waals surface area contributed by atoms with E-state index in [4.69, 9.17) is 0 Å². The highest BCUT2D eigenvalue weighted by molar-refractivity contribution is 5.94. The number of hydrogen-bond acceptors (Lipinski definition) is 2. The van der Waals surface area contributed by atoms with Crippen molar-refractivity contribution >= 4 is 17.6 Å². The van der Waals surface area contributed by atoms with Crippen LogP contribution < -0.4 is 10.6 Å². The predicted octanol–water partition coefficient (Wildman–Crippen LogP) is 2.78. The van der Waals surface area contributed by atoms with Gasteiger partial charge in [0, 0.05) is 26.3 Å². The zero-order valence-electron chi connectivity index (χ0n) is 14.7. The molecule has 0 aliphatic carbocycles. The molecule has 0 aliphatic rings. The number of rotatable bonds is 5. The Morgan fingerprint density at radius 3 is 2.48 bits per heavy atom. The van der Waals surface area contributed by atoms with Crippen molar-refractivity contribution in [2.24, 2.45) is 4.99 Å².